The molecule has 3 aliphatic rings. The smallest absolute Gasteiger partial charge is 0.292 e. The third-order valence-corrected chi connectivity index (χ3v) is 7.08. The zero-order chi connectivity index (χ0) is 24.2. The van der Waals surface area contributed by atoms with E-state index in [0.717, 1.165) is 25.9 Å². The maximum atomic E-state index is 13.0. The van der Waals surface area contributed by atoms with Crippen molar-refractivity contribution in [3.8, 4) is 0 Å². The second kappa shape index (κ2) is 10.7. The minimum atomic E-state index is -0.360. The zero-order valence-electron chi connectivity index (χ0n) is 20.1. The predicted octanol–water partition coefficient (Wildman–Crippen LogP) is 1.59. The van der Waals surface area contributed by atoms with Crippen LogP contribution in [0.1, 0.15) is 26.7 Å². The molecule has 2 unspecified atom stereocenters. The van der Waals surface area contributed by atoms with E-state index in [-0.39, 0.29) is 40.6 Å². The lowest BCUT2D eigenvalue weighted by Gasteiger charge is -2.40. The summed E-state index contributed by atoms with van der Waals surface area (Å²) in [5.74, 6) is 0.330. The fourth-order valence-corrected chi connectivity index (χ4v) is 5.33. The molecule has 0 spiro atoms. The average Bonchev–Trinajstić information content (AvgIpc) is 2.83. The lowest BCUT2D eigenvalue weighted by molar-refractivity contribution is -0.384. The first-order valence-electron chi connectivity index (χ1n) is 12.2. The summed E-state index contributed by atoms with van der Waals surface area (Å²) in [6.45, 7) is 9.41. The van der Waals surface area contributed by atoms with Gasteiger partial charge in [-0.15, -0.1) is 0 Å². The van der Waals surface area contributed by atoms with E-state index in [9.17, 15) is 19.7 Å². The average molecular weight is 474 g/mol. The van der Waals surface area contributed by atoms with Gasteiger partial charge in [0.2, 0.25) is 11.8 Å². The zero-order valence-corrected chi connectivity index (χ0v) is 20.1. The molecule has 0 aliphatic carbocycles. The Balaban J connectivity index is 1.22. The Hall–Kier alpha value is -2.72. The van der Waals surface area contributed by atoms with Crippen LogP contribution in [0.5, 0.6) is 0 Å². The van der Waals surface area contributed by atoms with Crippen LogP contribution in [0.15, 0.2) is 24.3 Å². The Labute approximate surface area is 200 Å². The highest BCUT2D eigenvalue weighted by atomic mass is 16.6. The number of benzene rings is 1. The van der Waals surface area contributed by atoms with Gasteiger partial charge < -0.3 is 19.4 Å². The third-order valence-electron chi connectivity index (χ3n) is 7.08. The van der Waals surface area contributed by atoms with E-state index in [0.29, 0.717) is 51.5 Å². The van der Waals surface area contributed by atoms with Crippen molar-refractivity contribution in [2.75, 3.05) is 63.8 Å². The number of ether oxygens (including phenoxy) is 1. The Bertz CT molecular complexity index is 885. The van der Waals surface area contributed by atoms with Crippen molar-refractivity contribution < 1.29 is 19.2 Å². The van der Waals surface area contributed by atoms with Gasteiger partial charge in [0.15, 0.2) is 0 Å². The highest BCUT2D eigenvalue weighted by molar-refractivity contribution is 5.80. The molecule has 0 radical (unpaired) electrons. The molecule has 3 heterocycles. The molecule has 34 heavy (non-hydrogen) atoms. The second-order valence-electron chi connectivity index (χ2n) is 9.66. The van der Waals surface area contributed by atoms with E-state index >= 15 is 0 Å². The van der Waals surface area contributed by atoms with Crippen molar-refractivity contribution in [1.29, 1.82) is 0 Å². The maximum Gasteiger partial charge on any atom is 0.292 e. The number of hydrogen-bond acceptors (Lipinski definition) is 7. The van der Waals surface area contributed by atoms with Crippen LogP contribution in [0.25, 0.3) is 0 Å². The van der Waals surface area contributed by atoms with E-state index in [2.05, 4.69) is 4.90 Å². The van der Waals surface area contributed by atoms with Gasteiger partial charge in [0, 0.05) is 51.3 Å². The molecule has 1 aromatic carbocycles. The van der Waals surface area contributed by atoms with Crippen LogP contribution >= 0.6 is 0 Å². The lowest BCUT2D eigenvalue weighted by atomic mass is 9.94. The number of carbonyl (C=O) groups excluding carboxylic acids is 2. The van der Waals surface area contributed by atoms with E-state index < -0.39 is 0 Å². The number of nitro benzene ring substituents is 1. The monoisotopic (exact) mass is 473 g/mol. The molecule has 1 aromatic rings. The molecule has 3 fully saturated rings. The molecule has 3 saturated heterocycles. The van der Waals surface area contributed by atoms with Crippen LogP contribution in [0.4, 0.5) is 11.4 Å². The van der Waals surface area contributed by atoms with E-state index in [1.54, 1.807) is 18.2 Å². The van der Waals surface area contributed by atoms with Gasteiger partial charge in [-0.2, -0.15) is 0 Å². The van der Waals surface area contributed by atoms with Gasteiger partial charge in [0.05, 0.1) is 23.7 Å². The van der Waals surface area contributed by atoms with Crippen LogP contribution in [0, 0.1) is 16.0 Å². The first kappa shape index (κ1) is 24.4. The summed E-state index contributed by atoms with van der Waals surface area (Å²) in [5, 5.41) is 11.3. The number of carbonyl (C=O) groups is 2. The number of amides is 2. The van der Waals surface area contributed by atoms with E-state index in [1.807, 2.05) is 28.5 Å². The topological polar surface area (TPSA) is 99.5 Å². The maximum absolute atomic E-state index is 13.0. The van der Waals surface area contributed by atoms with Crippen molar-refractivity contribution >= 4 is 23.2 Å². The van der Waals surface area contributed by atoms with Crippen molar-refractivity contribution in [2.45, 2.75) is 38.9 Å². The standard InChI is InChI=1S/C24H35N5O5/c1-18-15-28(16-19(2)34-18)24(31)20-7-9-25(10-8-20)17-23(30)27-13-11-26(12-14-27)21-5-3-4-6-22(21)29(32)33/h3-6,18-20H,7-17H2,1-2H3. The first-order chi connectivity index (χ1) is 16.3. The molecular formula is C24H35N5O5. The number of piperidine rings is 1. The Morgan fingerprint density at radius 2 is 1.59 bits per heavy atom. The summed E-state index contributed by atoms with van der Waals surface area (Å²) >= 11 is 0. The quantitative estimate of drug-likeness (QED) is 0.473. The molecule has 4 rings (SSSR count). The number of piperazine rings is 1. The summed E-state index contributed by atoms with van der Waals surface area (Å²) < 4.78 is 5.74. The molecule has 10 nitrogen and oxygen atoms in total. The highest BCUT2D eigenvalue weighted by Gasteiger charge is 2.33. The van der Waals surface area contributed by atoms with Crippen molar-refractivity contribution in [2.24, 2.45) is 5.92 Å². The van der Waals surface area contributed by atoms with Crippen LogP contribution in [0.2, 0.25) is 0 Å². The minimum absolute atomic E-state index is 0.0223. The molecule has 10 heteroatoms. The largest absolute Gasteiger partial charge is 0.372 e. The Kier molecular flexibility index (Phi) is 7.67. The third kappa shape index (κ3) is 5.67. The van der Waals surface area contributed by atoms with Crippen LogP contribution in [-0.2, 0) is 14.3 Å². The molecular weight excluding hydrogens is 438 g/mol. The molecule has 2 amide bonds. The SMILES string of the molecule is CC1CN(C(=O)C2CCN(CC(=O)N3CCN(c4ccccc4[N+](=O)[O-])CC3)CC2)CC(C)O1. The van der Waals surface area contributed by atoms with Gasteiger partial charge in [-0.05, 0) is 45.8 Å². The molecule has 0 saturated carbocycles. The van der Waals surface area contributed by atoms with Crippen molar-refractivity contribution in [1.82, 2.24) is 14.7 Å². The molecule has 0 aromatic heterocycles. The van der Waals surface area contributed by atoms with Gasteiger partial charge in [0.1, 0.15) is 5.69 Å². The predicted molar refractivity (Wildman–Crippen MR) is 128 cm³/mol. The van der Waals surface area contributed by atoms with Crippen molar-refractivity contribution in [3.05, 3.63) is 34.4 Å². The number of nitro groups is 1. The lowest BCUT2D eigenvalue weighted by Crippen LogP contribution is -2.53. The van der Waals surface area contributed by atoms with Gasteiger partial charge >= 0.3 is 0 Å². The Morgan fingerprint density at radius 1 is 0.971 bits per heavy atom. The number of hydrogen-bond donors (Lipinski definition) is 0. The first-order valence-corrected chi connectivity index (χ1v) is 12.2. The summed E-state index contributed by atoms with van der Waals surface area (Å²) in [6, 6.07) is 6.75. The van der Waals surface area contributed by atoms with Gasteiger partial charge in [0.25, 0.3) is 5.69 Å². The summed E-state index contributed by atoms with van der Waals surface area (Å²) in [4.78, 5) is 44.7. The van der Waals surface area contributed by atoms with Crippen molar-refractivity contribution in [3.63, 3.8) is 0 Å². The number of likely N-dealkylation sites (tertiary alicyclic amines) is 1. The molecule has 0 bridgehead atoms. The molecule has 2 atom stereocenters. The summed E-state index contributed by atoms with van der Waals surface area (Å²) in [5.41, 5.74) is 0.705. The van der Waals surface area contributed by atoms with Crippen LogP contribution in [0.3, 0.4) is 0 Å². The van der Waals surface area contributed by atoms with E-state index in [1.165, 1.54) is 6.07 Å². The summed E-state index contributed by atoms with van der Waals surface area (Å²) in [6.07, 6.45) is 1.69. The Morgan fingerprint density at radius 3 is 2.21 bits per heavy atom. The summed E-state index contributed by atoms with van der Waals surface area (Å²) in [7, 11) is 0. The minimum Gasteiger partial charge on any atom is -0.372 e. The second-order valence-corrected chi connectivity index (χ2v) is 9.66. The van der Waals surface area contributed by atoms with E-state index in [4.69, 9.17) is 4.74 Å². The number of anilines is 1. The number of rotatable bonds is 5. The fraction of sp³-hybridized carbons (Fsp3) is 0.667. The van der Waals surface area contributed by atoms with Gasteiger partial charge in [-0.1, -0.05) is 12.1 Å². The molecule has 186 valence electrons. The number of para-hydroxylation sites is 2. The highest BCUT2D eigenvalue weighted by Crippen LogP contribution is 2.28. The van der Waals surface area contributed by atoms with Crippen LogP contribution < -0.4 is 4.90 Å². The normalized spacial score (nSPS) is 24.8. The van der Waals surface area contributed by atoms with Gasteiger partial charge in [-0.3, -0.25) is 24.6 Å². The number of morpholine rings is 1. The van der Waals surface area contributed by atoms with Gasteiger partial charge in [-0.25, -0.2) is 0 Å². The molecule has 0 N–H and O–H groups in total. The number of nitrogens with zero attached hydrogens (tertiary/aromatic N) is 5. The molecule has 3 aliphatic heterocycles. The van der Waals surface area contributed by atoms with Crippen LogP contribution in [-0.4, -0.2) is 103 Å². The fourth-order valence-electron chi connectivity index (χ4n) is 5.33.